The van der Waals surface area contributed by atoms with Gasteiger partial charge in [-0.2, -0.15) is 0 Å². The lowest BCUT2D eigenvalue weighted by molar-refractivity contribution is 0.0503. The van der Waals surface area contributed by atoms with Crippen LogP contribution in [-0.2, 0) is 11.2 Å². The number of ether oxygens (including phenoxy) is 1. The summed E-state index contributed by atoms with van der Waals surface area (Å²) >= 11 is 0. The zero-order chi connectivity index (χ0) is 17.4. The highest BCUT2D eigenvalue weighted by Gasteiger charge is 2.21. The third-order valence-electron chi connectivity index (χ3n) is 4.14. The number of fused-ring (bicyclic) bond motifs is 2. The molecule has 1 aliphatic carbocycles. The quantitative estimate of drug-likeness (QED) is 0.630. The summed E-state index contributed by atoms with van der Waals surface area (Å²) in [5, 5.41) is 0. The number of nitrogens with zero attached hydrogens (tertiary/aromatic N) is 1. The average molecular weight is 325 g/mol. The number of benzene rings is 2. The molecule has 0 amide bonds. The highest BCUT2D eigenvalue weighted by Crippen LogP contribution is 2.26. The molecule has 0 saturated carbocycles. The molecule has 1 saturated heterocycles. The second-order valence-corrected chi connectivity index (χ2v) is 5.74. The van der Waals surface area contributed by atoms with Gasteiger partial charge in [0.15, 0.2) is 5.78 Å². The first-order chi connectivity index (χ1) is 11.8. The van der Waals surface area contributed by atoms with E-state index in [0.29, 0.717) is 0 Å². The lowest BCUT2D eigenvalue weighted by atomic mass is 9.85. The van der Waals surface area contributed by atoms with Crippen molar-refractivity contribution in [3.8, 4) is 0 Å². The molecule has 24 heavy (non-hydrogen) atoms. The van der Waals surface area contributed by atoms with Gasteiger partial charge in [0.25, 0.3) is 0 Å². The summed E-state index contributed by atoms with van der Waals surface area (Å²) in [5.41, 5.74) is 4.00. The summed E-state index contributed by atoms with van der Waals surface area (Å²) in [4.78, 5) is 14.4. The summed E-state index contributed by atoms with van der Waals surface area (Å²) in [5.74, 6) is 0.160. The Kier molecular flexibility index (Phi) is 7.16. The maximum Gasteiger partial charge on any atom is 0.193 e. The van der Waals surface area contributed by atoms with Gasteiger partial charge in [0.1, 0.15) is 0 Å². The Morgan fingerprint density at radius 1 is 0.833 bits per heavy atom. The fourth-order valence-corrected chi connectivity index (χ4v) is 2.80. The van der Waals surface area contributed by atoms with E-state index in [0.717, 1.165) is 55.0 Å². The topological polar surface area (TPSA) is 29.5 Å². The van der Waals surface area contributed by atoms with Gasteiger partial charge in [-0.1, -0.05) is 62.4 Å². The highest BCUT2D eigenvalue weighted by molar-refractivity contribution is 6.12. The molecular weight excluding hydrogens is 298 g/mol. The van der Waals surface area contributed by atoms with E-state index in [2.05, 4.69) is 11.9 Å². The molecule has 1 fully saturated rings. The van der Waals surface area contributed by atoms with Gasteiger partial charge >= 0.3 is 0 Å². The maximum atomic E-state index is 12.1. The van der Waals surface area contributed by atoms with Crippen LogP contribution in [0.4, 0.5) is 0 Å². The zero-order valence-electron chi connectivity index (χ0n) is 14.9. The standard InChI is InChI=1S/C14H10O.C5H11NO.C2H6/c15-14-12-7-3-1-5-10(12)9-11-6-2-4-8-13(11)14;1-6-2-4-7-5-3-6;1-2/h1-8H,9H2;2-5H2,1H3;1-2H3. The number of hydrogen-bond acceptors (Lipinski definition) is 3. The van der Waals surface area contributed by atoms with E-state index >= 15 is 0 Å². The van der Waals surface area contributed by atoms with Crippen molar-refractivity contribution >= 4 is 5.78 Å². The fourth-order valence-electron chi connectivity index (χ4n) is 2.80. The molecule has 0 N–H and O–H groups in total. The first-order valence-corrected chi connectivity index (χ1v) is 8.72. The Hall–Kier alpha value is -1.97. The summed E-state index contributed by atoms with van der Waals surface area (Å²) < 4.78 is 5.10. The van der Waals surface area contributed by atoms with Gasteiger partial charge in [-0.3, -0.25) is 4.79 Å². The van der Waals surface area contributed by atoms with Gasteiger partial charge in [-0.15, -0.1) is 0 Å². The van der Waals surface area contributed by atoms with Crippen LogP contribution in [0.1, 0.15) is 40.9 Å². The minimum absolute atomic E-state index is 0.160. The summed E-state index contributed by atoms with van der Waals surface area (Å²) in [6.45, 7) is 8.02. The summed E-state index contributed by atoms with van der Waals surface area (Å²) in [6.07, 6.45) is 0.873. The molecule has 0 radical (unpaired) electrons. The van der Waals surface area contributed by atoms with Crippen LogP contribution in [-0.4, -0.2) is 44.0 Å². The number of likely N-dealkylation sites (N-methyl/N-ethyl adjacent to an activating group) is 1. The average Bonchev–Trinajstić information content (AvgIpc) is 2.65. The number of ketones is 1. The normalized spacial score (nSPS) is 15.9. The molecule has 1 aliphatic heterocycles. The molecule has 3 nitrogen and oxygen atoms in total. The van der Waals surface area contributed by atoms with Crippen LogP contribution in [0, 0.1) is 0 Å². The summed E-state index contributed by atoms with van der Waals surface area (Å²) in [6, 6.07) is 15.7. The molecule has 2 aromatic carbocycles. The largest absolute Gasteiger partial charge is 0.379 e. The van der Waals surface area contributed by atoms with Crippen molar-refractivity contribution in [1.29, 1.82) is 0 Å². The lowest BCUT2D eigenvalue weighted by Gasteiger charge is -2.21. The number of morpholine rings is 1. The minimum Gasteiger partial charge on any atom is -0.379 e. The smallest absolute Gasteiger partial charge is 0.193 e. The Morgan fingerprint density at radius 2 is 1.29 bits per heavy atom. The van der Waals surface area contributed by atoms with Crippen molar-refractivity contribution in [1.82, 2.24) is 4.90 Å². The van der Waals surface area contributed by atoms with Crippen LogP contribution in [0.15, 0.2) is 48.5 Å². The van der Waals surface area contributed by atoms with Crippen LogP contribution in [0.2, 0.25) is 0 Å². The Bertz CT molecular complexity index is 613. The van der Waals surface area contributed by atoms with Crippen molar-refractivity contribution in [3.63, 3.8) is 0 Å². The molecular formula is C21H27NO2. The van der Waals surface area contributed by atoms with Gasteiger partial charge in [0.05, 0.1) is 13.2 Å². The fraction of sp³-hybridized carbons (Fsp3) is 0.381. The third-order valence-corrected chi connectivity index (χ3v) is 4.14. The SMILES string of the molecule is CC.CN1CCOCC1.O=C1c2ccccc2Cc2ccccc21. The van der Waals surface area contributed by atoms with E-state index in [-0.39, 0.29) is 5.78 Å². The number of rotatable bonds is 0. The molecule has 0 unspecified atom stereocenters. The second kappa shape index (κ2) is 9.36. The first kappa shape index (κ1) is 18.4. The number of hydrogen-bond donors (Lipinski definition) is 0. The predicted molar refractivity (Wildman–Crippen MR) is 98.8 cm³/mol. The zero-order valence-corrected chi connectivity index (χ0v) is 14.9. The van der Waals surface area contributed by atoms with Crippen molar-refractivity contribution < 1.29 is 9.53 Å². The summed E-state index contributed by atoms with van der Waals surface area (Å²) in [7, 11) is 2.11. The molecule has 4 rings (SSSR count). The van der Waals surface area contributed by atoms with Crippen molar-refractivity contribution in [2.45, 2.75) is 20.3 Å². The minimum atomic E-state index is 0.160. The van der Waals surface area contributed by atoms with Gasteiger partial charge < -0.3 is 9.64 Å². The molecule has 0 spiro atoms. The predicted octanol–water partition coefficient (Wildman–Crippen LogP) is 3.80. The molecule has 2 aliphatic rings. The molecule has 0 aromatic heterocycles. The van der Waals surface area contributed by atoms with Gasteiger partial charge in [0.2, 0.25) is 0 Å². The molecule has 1 heterocycles. The van der Waals surface area contributed by atoms with Crippen molar-refractivity contribution in [2.75, 3.05) is 33.4 Å². The number of carbonyl (C=O) groups excluding carboxylic acids is 1. The van der Waals surface area contributed by atoms with Gasteiger partial charge in [-0.25, -0.2) is 0 Å². The van der Waals surface area contributed by atoms with E-state index in [1.807, 2.05) is 62.4 Å². The van der Waals surface area contributed by atoms with E-state index in [4.69, 9.17) is 4.74 Å². The van der Waals surface area contributed by atoms with Crippen LogP contribution < -0.4 is 0 Å². The number of carbonyl (C=O) groups is 1. The van der Waals surface area contributed by atoms with Crippen molar-refractivity contribution in [3.05, 3.63) is 70.8 Å². The van der Waals surface area contributed by atoms with E-state index in [1.165, 1.54) is 0 Å². The Labute approximate surface area is 145 Å². The molecule has 3 heteroatoms. The molecule has 0 bridgehead atoms. The van der Waals surface area contributed by atoms with Crippen LogP contribution in [0.3, 0.4) is 0 Å². The molecule has 128 valence electrons. The second-order valence-electron chi connectivity index (χ2n) is 5.74. The highest BCUT2D eigenvalue weighted by atomic mass is 16.5. The van der Waals surface area contributed by atoms with E-state index in [1.54, 1.807) is 0 Å². The van der Waals surface area contributed by atoms with Gasteiger partial charge in [-0.05, 0) is 24.6 Å². The Morgan fingerprint density at radius 3 is 1.71 bits per heavy atom. The maximum absolute atomic E-state index is 12.1. The van der Waals surface area contributed by atoms with E-state index in [9.17, 15) is 4.79 Å². The molecule has 2 aromatic rings. The van der Waals surface area contributed by atoms with Crippen LogP contribution in [0.5, 0.6) is 0 Å². The van der Waals surface area contributed by atoms with Crippen LogP contribution >= 0.6 is 0 Å². The molecule has 0 atom stereocenters. The Balaban J connectivity index is 0.000000196. The van der Waals surface area contributed by atoms with Crippen molar-refractivity contribution in [2.24, 2.45) is 0 Å². The first-order valence-electron chi connectivity index (χ1n) is 8.72. The third kappa shape index (κ3) is 4.53. The lowest BCUT2D eigenvalue weighted by Crippen LogP contribution is -2.32. The van der Waals surface area contributed by atoms with Crippen LogP contribution in [0.25, 0.3) is 0 Å². The van der Waals surface area contributed by atoms with Gasteiger partial charge in [0, 0.05) is 24.2 Å². The monoisotopic (exact) mass is 325 g/mol. The van der Waals surface area contributed by atoms with E-state index < -0.39 is 0 Å².